The molecule has 1 amide bonds. The number of nitrogens with one attached hydrogen (secondary N) is 1. The Morgan fingerprint density at radius 1 is 0.966 bits per heavy atom. The van der Waals surface area contributed by atoms with Gasteiger partial charge in [-0.3, -0.25) is 4.79 Å². The van der Waals surface area contributed by atoms with E-state index in [9.17, 15) is 14.4 Å². The van der Waals surface area contributed by atoms with Crippen molar-refractivity contribution >= 4 is 29.9 Å². The Morgan fingerprint density at radius 3 is 2.07 bits per heavy atom. The van der Waals surface area contributed by atoms with E-state index in [2.05, 4.69) is 18.3 Å². The normalized spacial score (nSPS) is 13.2. The SMILES string of the molecule is CCCCCCCCCCCC/C=C\C(C=O)SCC(NC(C)=O)C(=O)OCC. The van der Waals surface area contributed by atoms with Crippen LogP contribution in [0.2, 0.25) is 0 Å². The van der Waals surface area contributed by atoms with Gasteiger partial charge in [-0.1, -0.05) is 76.9 Å². The summed E-state index contributed by atoms with van der Waals surface area (Å²) in [5, 5.41) is 2.27. The lowest BCUT2D eigenvalue weighted by Crippen LogP contribution is -2.43. The maximum absolute atomic E-state index is 11.9. The Kier molecular flexibility index (Phi) is 19.1. The molecule has 0 bridgehead atoms. The van der Waals surface area contributed by atoms with Crippen LogP contribution in [-0.2, 0) is 19.1 Å². The van der Waals surface area contributed by atoms with Crippen molar-refractivity contribution < 1.29 is 19.1 Å². The molecule has 0 fully saturated rings. The van der Waals surface area contributed by atoms with Crippen molar-refractivity contribution in [3.05, 3.63) is 12.2 Å². The van der Waals surface area contributed by atoms with Gasteiger partial charge in [0, 0.05) is 12.7 Å². The number of carbonyl (C=O) groups excluding carboxylic acids is 3. The zero-order valence-corrected chi connectivity index (χ0v) is 19.4. The van der Waals surface area contributed by atoms with Crippen LogP contribution >= 0.6 is 11.8 Å². The van der Waals surface area contributed by atoms with E-state index in [4.69, 9.17) is 4.74 Å². The van der Waals surface area contributed by atoms with Gasteiger partial charge < -0.3 is 14.8 Å². The molecule has 0 aliphatic carbocycles. The molecular formula is C23H41NO4S. The third-order valence-electron chi connectivity index (χ3n) is 4.59. The van der Waals surface area contributed by atoms with Crippen molar-refractivity contribution in [3.8, 4) is 0 Å². The summed E-state index contributed by atoms with van der Waals surface area (Å²) in [5.41, 5.74) is 0. The lowest BCUT2D eigenvalue weighted by molar-refractivity contribution is -0.146. The number of esters is 1. The monoisotopic (exact) mass is 427 g/mol. The highest BCUT2D eigenvalue weighted by atomic mass is 32.2. The van der Waals surface area contributed by atoms with E-state index in [-0.39, 0.29) is 17.8 Å². The summed E-state index contributed by atoms with van der Waals surface area (Å²) in [4.78, 5) is 34.5. The van der Waals surface area contributed by atoms with Crippen LogP contribution in [0.3, 0.4) is 0 Å². The smallest absolute Gasteiger partial charge is 0.329 e. The highest BCUT2D eigenvalue weighted by molar-refractivity contribution is 8.00. The first-order valence-corrected chi connectivity index (χ1v) is 12.3. The fraction of sp³-hybridized carbons (Fsp3) is 0.783. The summed E-state index contributed by atoms with van der Waals surface area (Å²) in [6.45, 7) is 5.59. The molecule has 0 spiro atoms. The Hall–Kier alpha value is -1.30. The van der Waals surface area contributed by atoms with E-state index in [0.717, 1.165) is 19.1 Å². The van der Waals surface area contributed by atoms with E-state index < -0.39 is 12.0 Å². The molecule has 0 radical (unpaired) electrons. The molecule has 168 valence electrons. The lowest BCUT2D eigenvalue weighted by atomic mass is 10.1. The molecule has 0 aliphatic rings. The Bertz CT molecular complexity index is 468. The van der Waals surface area contributed by atoms with E-state index >= 15 is 0 Å². The molecule has 2 unspecified atom stereocenters. The van der Waals surface area contributed by atoms with E-state index in [1.807, 2.05) is 6.08 Å². The van der Waals surface area contributed by atoms with Crippen LogP contribution in [0.5, 0.6) is 0 Å². The van der Waals surface area contributed by atoms with Crippen LogP contribution in [-0.4, -0.2) is 41.8 Å². The molecule has 0 heterocycles. The number of ether oxygens (including phenoxy) is 1. The van der Waals surface area contributed by atoms with E-state index in [1.165, 1.54) is 76.5 Å². The van der Waals surface area contributed by atoms with E-state index in [1.54, 1.807) is 6.92 Å². The second-order valence-electron chi connectivity index (χ2n) is 7.34. The standard InChI is InChI=1S/C23H41NO4S/c1-4-6-7-8-9-10-11-12-13-14-15-16-17-21(18-25)29-19-22(24-20(3)26)23(27)28-5-2/h16-18,21-22H,4-15,19H2,1-3H3,(H,24,26)/b17-16-. The molecule has 0 saturated heterocycles. The number of hydrogen-bond acceptors (Lipinski definition) is 5. The molecule has 0 aliphatic heterocycles. The molecular weight excluding hydrogens is 386 g/mol. The predicted molar refractivity (Wildman–Crippen MR) is 122 cm³/mol. The summed E-state index contributed by atoms with van der Waals surface area (Å²) < 4.78 is 4.98. The largest absolute Gasteiger partial charge is 0.464 e. The van der Waals surface area contributed by atoms with Gasteiger partial charge in [-0.15, -0.1) is 11.8 Å². The highest BCUT2D eigenvalue weighted by Crippen LogP contribution is 2.15. The third-order valence-corrected chi connectivity index (χ3v) is 5.77. The molecule has 0 aromatic heterocycles. The molecule has 2 atom stereocenters. The van der Waals surface area contributed by atoms with Crippen LogP contribution < -0.4 is 5.32 Å². The first-order valence-electron chi connectivity index (χ1n) is 11.2. The Balaban J connectivity index is 3.94. The number of carbonyl (C=O) groups is 3. The summed E-state index contributed by atoms with van der Waals surface area (Å²) in [6, 6.07) is -0.727. The fourth-order valence-electron chi connectivity index (χ4n) is 2.98. The number of hydrogen-bond donors (Lipinski definition) is 1. The minimum atomic E-state index is -0.727. The molecule has 0 saturated carbocycles. The summed E-state index contributed by atoms with van der Waals surface area (Å²) in [6.07, 6.45) is 18.9. The van der Waals surface area contributed by atoms with Crippen molar-refractivity contribution in [2.24, 2.45) is 0 Å². The van der Waals surface area contributed by atoms with Gasteiger partial charge in [-0.25, -0.2) is 4.79 Å². The third kappa shape index (κ3) is 17.3. The van der Waals surface area contributed by atoms with Crippen LogP contribution in [0.1, 0.15) is 91.4 Å². The topological polar surface area (TPSA) is 72.5 Å². The van der Waals surface area contributed by atoms with Gasteiger partial charge in [0.1, 0.15) is 12.3 Å². The van der Waals surface area contributed by atoms with Gasteiger partial charge in [0.25, 0.3) is 0 Å². The lowest BCUT2D eigenvalue weighted by Gasteiger charge is -2.16. The summed E-state index contributed by atoms with van der Waals surface area (Å²) in [5.74, 6) is -0.443. The summed E-state index contributed by atoms with van der Waals surface area (Å²) >= 11 is 1.34. The minimum Gasteiger partial charge on any atom is -0.464 e. The van der Waals surface area contributed by atoms with Crippen molar-refractivity contribution in [3.63, 3.8) is 0 Å². The Labute approximate surface area is 181 Å². The average Bonchev–Trinajstić information content (AvgIpc) is 2.69. The van der Waals surface area contributed by atoms with Gasteiger partial charge in [-0.2, -0.15) is 0 Å². The zero-order chi connectivity index (χ0) is 21.7. The quantitative estimate of drug-likeness (QED) is 0.132. The fourth-order valence-corrected chi connectivity index (χ4v) is 3.92. The van der Waals surface area contributed by atoms with Crippen LogP contribution in [0.15, 0.2) is 12.2 Å². The molecule has 29 heavy (non-hydrogen) atoms. The number of rotatable bonds is 19. The van der Waals surface area contributed by atoms with Crippen molar-refractivity contribution in [1.82, 2.24) is 5.32 Å². The van der Waals surface area contributed by atoms with Crippen LogP contribution in [0.4, 0.5) is 0 Å². The van der Waals surface area contributed by atoms with Gasteiger partial charge >= 0.3 is 5.97 Å². The molecule has 6 heteroatoms. The van der Waals surface area contributed by atoms with Crippen LogP contribution in [0, 0.1) is 0 Å². The number of amides is 1. The van der Waals surface area contributed by atoms with Crippen molar-refractivity contribution in [1.29, 1.82) is 0 Å². The molecule has 0 aromatic carbocycles. The van der Waals surface area contributed by atoms with E-state index in [0.29, 0.717) is 5.75 Å². The average molecular weight is 428 g/mol. The van der Waals surface area contributed by atoms with Gasteiger partial charge in [-0.05, 0) is 19.8 Å². The van der Waals surface area contributed by atoms with Crippen molar-refractivity contribution in [2.75, 3.05) is 12.4 Å². The van der Waals surface area contributed by atoms with Crippen molar-refractivity contribution in [2.45, 2.75) is 103 Å². The maximum atomic E-state index is 11.9. The number of allylic oxidation sites excluding steroid dienone is 1. The second kappa shape index (κ2) is 20.0. The number of unbranched alkanes of at least 4 members (excludes halogenated alkanes) is 10. The number of thioether (sulfide) groups is 1. The minimum absolute atomic E-state index is 0.259. The molecule has 0 rings (SSSR count). The summed E-state index contributed by atoms with van der Waals surface area (Å²) in [7, 11) is 0. The van der Waals surface area contributed by atoms with Gasteiger partial charge in [0.05, 0.1) is 11.9 Å². The second-order valence-corrected chi connectivity index (χ2v) is 8.55. The first-order chi connectivity index (χ1) is 14.0. The van der Waals surface area contributed by atoms with Gasteiger partial charge in [0.2, 0.25) is 5.91 Å². The first kappa shape index (κ1) is 27.7. The maximum Gasteiger partial charge on any atom is 0.329 e. The molecule has 5 nitrogen and oxygen atoms in total. The Morgan fingerprint density at radius 2 is 1.55 bits per heavy atom. The van der Waals surface area contributed by atoms with Crippen LogP contribution in [0.25, 0.3) is 0 Å². The predicted octanol–water partition coefficient (Wildman–Crippen LogP) is 5.22. The zero-order valence-electron chi connectivity index (χ0n) is 18.6. The highest BCUT2D eigenvalue weighted by Gasteiger charge is 2.22. The van der Waals surface area contributed by atoms with Gasteiger partial charge in [0.15, 0.2) is 0 Å². The number of aldehydes is 1. The molecule has 1 N–H and O–H groups in total. The molecule has 0 aromatic rings.